The molecule has 0 saturated heterocycles. The average Bonchev–Trinajstić information content (AvgIpc) is 2.28. The molecule has 1 unspecified atom stereocenters. The van der Waals surface area contributed by atoms with E-state index in [0.29, 0.717) is 5.92 Å². The van der Waals surface area contributed by atoms with Crippen molar-refractivity contribution in [2.75, 3.05) is 5.73 Å². The van der Waals surface area contributed by atoms with Gasteiger partial charge in [0.25, 0.3) is 0 Å². The topological polar surface area (TPSA) is 51.8 Å². The molecule has 16 heavy (non-hydrogen) atoms. The molecule has 2 N–H and O–H groups in total. The number of benzene rings is 1. The summed E-state index contributed by atoms with van der Waals surface area (Å²) in [6, 6.07) is 5.66. The van der Waals surface area contributed by atoms with Crippen molar-refractivity contribution in [3.8, 4) is 0 Å². The molecule has 2 aromatic rings. The minimum Gasteiger partial charge on any atom is -0.399 e. The van der Waals surface area contributed by atoms with Crippen molar-refractivity contribution in [2.24, 2.45) is 0 Å². The van der Waals surface area contributed by atoms with Crippen LogP contribution in [-0.4, -0.2) is 9.97 Å². The van der Waals surface area contributed by atoms with E-state index in [2.05, 4.69) is 23.8 Å². The highest BCUT2D eigenvalue weighted by Crippen LogP contribution is 2.22. The van der Waals surface area contributed by atoms with Gasteiger partial charge in [0.2, 0.25) is 0 Å². The standard InChI is InChI=1S/C13H17N3/c1-4-8(2)13-9(3)15-11-6-5-10(14)7-12(11)16-13/h5-8H,4,14H2,1-3H3. The number of nitrogens with zero attached hydrogens (tertiary/aromatic N) is 2. The van der Waals surface area contributed by atoms with E-state index >= 15 is 0 Å². The first-order valence-electron chi connectivity index (χ1n) is 5.65. The Bertz CT molecular complexity index is 520. The van der Waals surface area contributed by atoms with Gasteiger partial charge in [0.15, 0.2) is 0 Å². The van der Waals surface area contributed by atoms with E-state index in [-0.39, 0.29) is 0 Å². The predicted octanol–water partition coefficient (Wildman–Crippen LogP) is 3.03. The van der Waals surface area contributed by atoms with Crippen molar-refractivity contribution in [1.82, 2.24) is 9.97 Å². The third-order valence-electron chi connectivity index (χ3n) is 2.98. The summed E-state index contributed by atoms with van der Waals surface area (Å²) >= 11 is 0. The fourth-order valence-electron chi connectivity index (χ4n) is 1.83. The molecule has 0 aliphatic heterocycles. The Morgan fingerprint density at radius 3 is 2.69 bits per heavy atom. The molecule has 1 aromatic heterocycles. The van der Waals surface area contributed by atoms with Crippen LogP contribution in [0.2, 0.25) is 0 Å². The van der Waals surface area contributed by atoms with Gasteiger partial charge >= 0.3 is 0 Å². The van der Waals surface area contributed by atoms with E-state index in [1.54, 1.807) is 0 Å². The van der Waals surface area contributed by atoms with Crippen LogP contribution in [0.3, 0.4) is 0 Å². The maximum atomic E-state index is 5.75. The Morgan fingerprint density at radius 2 is 2.00 bits per heavy atom. The highest BCUT2D eigenvalue weighted by molar-refractivity contribution is 5.78. The van der Waals surface area contributed by atoms with Crippen LogP contribution in [0, 0.1) is 6.92 Å². The van der Waals surface area contributed by atoms with E-state index in [0.717, 1.165) is 34.5 Å². The molecule has 84 valence electrons. The zero-order valence-electron chi connectivity index (χ0n) is 9.99. The lowest BCUT2D eigenvalue weighted by Gasteiger charge is -2.11. The molecule has 3 nitrogen and oxygen atoms in total. The van der Waals surface area contributed by atoms with Crippen molar-refractivity contribution in [2.45, 2.75) is 33.1 Å². The summed E-state index contributed by atoms with van der Waals surface area (Å²) in [6.07, 6.45) is 1.07. The number of fused-ring (bicyclic) bond motifs is 1. The Hall–Kier alpha value is -1.64. The lowest BCUT2D eigenvalue weighted by atomic mass is 10.0. The molecule has 3 heteroatoms. The largest absolute Gasteiger partial charge is 0.399 e. The number of aromatic nitrogens is 2. The van der Waals surface area contributed by atoms with Gasteiger partial charge in [-0.25, -0.2) is 9.97 Å². The fourth-order valence-corrected chi connectivity index (χ4v) is 1.83. The van der Waals surface area contributed by atoms with E-state index in [1.807, 2.05) is 25.1 Å². The van der Waals surface area contributed by atoms with Crippen LogP contribution in [0.5, 0.6) is 0 Å². The van der Waals surface area contributed by atoms with Gasteiger partial charge in [-0.05, 0) is 37.5 Å². The van der Waals surface area contributed by atoms with E-state index < -0.39 is 0 Å². The first kappa shape index (κ1) is 10.9. The van der Waals surface area contributed by atoms with E-state index in [9.17, 15) is 0 Å². The molecule has 0 radical (unpaired) electrons. The van der Waals surface area contributed by atoms with Gasteiger partial charge in [0.05, 0.1) is 22.4 Å². The van der Waals surface area contributed by atoms with Gasteiger partial charge < -0.3 is 5.73 Å². The summed E-state index contributed by atoms with van der Waals surface area (Å²) < 4.78 is 0. The number of hydrogen-bond donors (Lipinski definition) is 1. The fraction of sp³-hybridized carbons (Fsp3) is 0.385. The average molecular weight is 215 g/mol. The van der Waals surface area contributed by atoms with Crippen LogP contribution in [-0.2, 0) is 0 Å². The van der Waals surface area contributed by atoms with Gasteiger partial charge in [0.1, 0.15) is 0 Å². The maximum absolute atomic E-state index is 5.75. The number of nitrogens with two attached hydrogens (primary N) is 1. The number of aryl methyl sites for hydroxylation is 1. The van der Waals surface area contributed by atoms with E-state index in [1.165, 1.54) is 0 Å². The maximum Gasteiger partial charge on any atom is 0.0910 e. The van der Waals surface area contributed by atoms with Crippen LogP contribution in [0.15, 0.2) is 18.2 Å². The van der Waals surface area contributed by atoms with Crippen LogP contribution in [0.1, 0.15) is 37.6 Å². The Balaban J connectivity index is 2.64. The zero-order chi connectivity index (χ0) is 11.7. The van der Waals surface area contributed by atoms with Crippen LogP contribution >= 0.6 is 0 Å². The lowest BCUT2D eigenvalue weighted by molar-refractivity contribution is 0.700. The molecule has 0 spiro atoms. The Kier molecular flexibility index (Phi) is 2.77. The molecular formula is C13H17N3. The predicted molar refractivity (Wildman–Crippen MR) is 67.4 cm³/mol. The second-order valence-electron chi connectivity index (χ2n) is 4.25. The van der Waals surface area contributed by atoms with Gasteiger partial charge in [-0.2, -0.15) is 0 Å². The minimum atomic E-state index is 0.443. The molecule has 0 bridgehead atoms. The number of hydrogen-bond acceptors (Lipinski definition) is 3. The van der Waals surface area contributed by atoms with Crippen molar-refractivity contribution in [1.29, 1.82) is 0 Å². The van der Waals surface area contributed by atoms with Crippen molar-refractivity contribution in [3.05, 3.63) is 29.6 Å². The summed E-state index contributed by atoms with van der Waals surface area (Å²) in [5.41, 5.74) is 10.4. The SMILES string of the molecule is CCC(C)c1nc2cc(N)ccc2nc1C. The van der Waals surface area contributed by atoms with Crippen LogP contribution in [0.25, 0.3) is 11.0 Å². The monoisotopic (exact) mass is 215 g/mol. The first-order chi connectivity index (χ1) is 7.61. The second kappa shape index (κ2) is 4.08. The number of rotatable bonds is 2. The lowest BCUT2D eigenvalue weighted by Crippen LogP contribution is -2.02. The third kappa shape index (κ3) is 1.85. The molecule has 0 amide bonds. The van der Waals surface area contributed by atoms with Crippen molar-refractivity contribution >= 4 is 16.7 Å². The van der Waals surface area contributed by atoms with E-state index in [4.69, 9.17) is 5.73 Å². The Morgan fingerprint density at radius 1 is 1.25 bits per heavy atom. The summed E-state index contributed by atoms with van der Waals surface area (Å²) in [7, 11) is 0. The van der Waals surface area contributed by atoms with Crippen molar-refractivity contribution < 1.29 is 0 Å². The van der Waals surface area contributed by atoms with Crippen LogP contribution in [0.4, 0.5) is 5.69 Å². The van der Waals surface area contributed by atoms with Gasteiger partial charge in [-0.1, -0.05) is 13.8 Å². The van der Waals surface area contributed by atoms with Crippen molar-refractivity contribution in [3.63, 3.8) is 0 Å². The number of nitrogen functional groups attached to an aromatic ring is 1. The van der Waals surface area contributed by atoms with Gasteiger partial charge in [-0.15, -0.1) is 0 Å². The molecule has 0 saturated carbocycles. The summed E-state index contributed by atoms with van der Waals surface area (Å²) in [4.78, 5) is 9.23. The van der Waals surface area contributed by atoms with Gasteiger partial charge in [0, 0.05) is 5.69 Å². The molecular weight excluding hydrogens is 198 g/mol. The zero-order valence-corrected chi connectivity index (χ0v) is 9.99. The van der Waals surface area contributed by atoms with Crippen LogP contribution < -0.4 is 5.73 Å². The molecule has 2 rings (SSSR count). The quantitative estimate of drug-likeness (QED) is 0.783. The highest BCUT2D eigenvalue weighted by atomic mass is 14.8. The second-order valence-corrected chi connectivity index (χ2v) is 4.25. The molecule has 0 fully saturated rings. The Labute approximate surface area is 95.7 Å². The normalized spacial score (nSPS) is 12.9. The minimum absolute atomic E-state index is 0.443. The summed E-state index contributed by atoms with van der Waals surface area (Å²) in [6.45, 7) is 6.36. The summed E-state index contributed by atoms with van der Waals surface area (Å²) in [5.74, 6) is 0.443. The first-order valence-corrected chi connectivity index (χ1v) is 5.65. The molecule has 1 aromatic carbocycles. The molecule has 0 aliphatic rings. The number of anilines is 1. The smallest absolute Gasteiger partial charge is 0.0910 e. The third-order valence-corrected chi connectivity index (χ3v) is 2.98. The summed E-state index contributed by atoms with van der Waals surface area (Å²) in [5, 5.41) is 0. The molecule has 1 atom stereocenters. The molecule has 1 heterocycles. The molecule has 0 aliphatic carbocycles. The van der Waals surface area contributed by atoms with Gasteiger partial charge in [-0.3, -0.25) is 0 Å². The highest BCUT2D eigenvalue weighted by Gasteiger charge is 2.10.